The quantitative estimate of drug-likeness (QED) is 0.794. The second-order valence-corrected chi connectivity index (χ2v) is 7.71. The second kappa shape index (κ2) is 5.76. The van der Waals surface area contributed by atoms with E-state index in [1.807, 2.05) is 12.1 Å². The minimum Gasteiger partial charge on any atom is -0.325 e. The average molecular weight is 394 g/mol. The fourth-order valence-corrected chi connectivity index (χ4v) is 3.64. The van der Waals surface area contributed by atoms with E-state index in [-0.39, 0.29) is 5.91 Å². The van der Waals surface area contributed by atoms with E-state index in [1.165, 1.54) is 4.31 Å². The molecule has 0 aromatic heterocycles. The smallest absolute Gasteiger partial charge is 0.242 e. The van der Waals surface area contributed by atoms with Crippen LogP contribution in [0.4, 0.5) is 5.69 Å². The van der Waals surface area contributed by atoms with Crippen LogP contribution in [-0.2, 0) is 14.8 Å². The lowest BCUT2D eigenvalue weighted by Crippen LogP contribution is -2.42. The third-order valence-corrected chi connectivity index (χ3v) is 5.05. The van der Waals surface area contributed by atoms with E-state index >= 15 is 0 Å². The van der Waals surface area contributed by atoms with Gasteiger partial charge in [-0.2, -0.15) is 4.31 Å². The summed E-state index contributed by atoms with van der Waals surface area (Å²) in [6, 6.07) is 6.80. The summed E-state index contributed by atoms with van der Waals surface area (Å²) >= 11 is 2.18. The van der Waals surface area contributed by atoms with Gasteiger partial charge in [0.15, 0.2) is 0 Å². The number of amides is 1. The number of anilines is 1. The Morgan fingerprint density at radius 1 is 1.37 bits per heavy atom. The monoisotopic (exact) mass is 394 g/mol. The predicted octanol–water partition coefficient (Wildman–Crippen LogP) is 1.65. The maximum Gasteiger partial charge on any atom is 0.242 e. The topological polar surface area (TPSA) is 66.5 Å². The Morgan fingerprint density at radius 2 is 2.00 bits per heavy atom. The molecule has 1 N–H and O–H groups in total. The number of hydrogen-bond acceptors (Lipinski definition) is 3. The van der Waals surface area contributed by atoms with Gasteiger partial charge >= 0.3 is 0 Å². The zero-order valence-electron chi connectivity index (χ0n) is 10.5. The minimum absolute atomic E-state index is 0.260. The third-order valence-electron chi connectivity index (χ3n) is 3.04. The predicted molar refractivity (Wildman–Crippen MR) is 82.4 cm³/mol. The van der Waals surface area contributed by atoms with Gasteiger partial charge in [0, 0.05) is 15.8 Å². The van der Waals surface area contributed by atoms with Gasteiger partial charge in [-0.3, -0.25) is 4.79 Å². The summed E-state index contributed by atoms with van der Waals surface area (Å²) < 4.78 is 25.5. The summed E-state index contributed by atoms with van der Waals surface area (Å²) in [7, 11) is -3.32. The Balaban J connectivity index is 2.09. The van der Waals surface area contributed by atoms with Gasteiger partial charge in [-0.1, -0.05) is 0 Å². The van der Waals surface area contributed by atoms with E-state index < -0.39 is 16.1 Å². The molecule has 1 amide bonds. The molecule has 0 spiro atoms. The zero-order chi connectivity index (χ0) is 14.0. The van der Waals surface area contributed by atoms with E-state index in [9.17, 15) is 13.2 Å². The molecule has 0 saturated carbocycles. The fourth-order valence-electron chi connectivity index (χ4n) is 2.16. The van der Waals surface area contributed by atoms with Crippen molar-refractivity contribution >= 4 is 44.2 Å². The highest BCUT2D eigenvalue weighted by Crippen LogP contribution is 2.22. The molecule has 7 heteroatoms. The minimum atomic E-state index is -3.32. The van der Waals surface area contributed by atoms with Crippen LogP contribution in [0.25, 0.3) is 0 Å². The first-order valence-corrected chi connectivity index (χ1v) is 8.84. The highest BCUT2D eigenvalue weighted by atomic mass is 127. The summed E-state index contributed by atoms with van der Waals surface area (Å²) in [5.74, 6) is -0.260. The molecule has 104 valence electrons. The van der Waals surface area contributed by atoms with Gasteiger partial charge in [0.25, 0.3) is 0 Å². The molecule has 1 unspecified atom stereocenters. The molecule has 0 bridgehead atoms. The molecular formula is C12H15IN2O3S. The second-order valence-electron chi connectivity index (χ2n) is 4.53. The third kappa shape index (κ3) is 3.67. The van der Waals surface area contributed by atoms with Gasteiger partial charge in [-0.05, 0) is 59.7 Å². The molecule has 1 fully saturated rings. The van der Waals surface area contributed by atoms with E-state index in [0.29, 0.717) is 18.7 Å². The first kappa shape index (κ1) is 14.7. The number of rotatable bonds is 3. The van der Waals surface area contributed by atoms with Gasteiger partial charge in [-0.25, -0.2) is 8.42 Å². The lowest BCUT2D eigenvalue weighted by Gasteiger charge is -2.21. The first-order valence-electron chi connectivity index (χ1n) is 5.91. The molecule has 1 saturated heterocycles. The lowest BCUT2D eigenvalue weighted by molar-refractivity contribution is -0.119. The first-order chi connectivity index (χ1) is 8.88. The molecule has 1 heterocycles. The number of carbonyl (C=O) groups excluding carboxylic acids is 1. The van der Waals surface area contributed by atoms with Crippen LogP contribution in [0.2, 0.25) is 0 Å². The molecule has 2 rings (SSSR count). The molecule has 1 atom stereocenters. The SMILES string of the molecule is CS(=O)(=O)N1CCCC1C(=O)Nc1ccc(I)cc1. The molecule has 0 aliphatic carbocycles. The number of sulfonamides is 1. The van der Waals surface area contributed by atoms with Crippen LogP contribution in [0, 0.1) is 3.57 Å². The Morgan fingerprint density at radius 3 is 2.58 bits per heavy atom. The Kier molecular flexibility index (Phi) is 4.46. The highest BCUT2D eigenvalue weighted by molar-refractivity contribution is 14.1. The van der Waals surface area contributed by atoms with E-state index in [4.69, 9.17) is 0 Å². The van der Waals surface area contributed by atoms with Crippen LogP contribution in [0.1, 0.15) is 12.8 Å². The van der Waals surface area contributed by atoms with Crippen molar-refractivity contribution in [3.63, 3.8) is 0 Å². The fraction of sp³-hybridized carbons (Fsp3) is 0.417. The van der Waals surface area contributed by atoms with Crippen molar-refractivity contribution in [2.45, 2.75) is 18.9 Å². The van der Waals surface area contributed by atoms with Gasteiger partial charge in [-0.15, -0.1) is 0 Å². The molecule has 5 nitrogen and oxygen atoms in total. The molecular weight excluding hydrogens is 379 g/mol. The number of benzene rings is 1. The molecule has 1 aromatic rings. The Labute approximate surface area is 126 Å². The maximum atomic E-state index is 12.1. The molecule has 1 aliphatic heterocycles. The normalized spacial score (nSPS) is 20.4. The summed E-state index contributed by atoms with van der Waals surface area (Å²) in [6.45, 7) is 0.420. The molecule has 0 radical (unpaired) electrons. The maximum absolute atomic E-state index is 12.1. The summed E-state index contributed by atoms with van der Waals surface area (Å²) in [5.41, 5.74) is 0.686. The van der Waals surface area contributed by atoms with E-state index in [1.54, 1.807) is 12.1 Å². The number of halogens is 1. The number of nitrogens with one attached hydrogen (secondary N) is 1. The van der Waals surface area contributed by atoms with Crippen molar-refractivity contribution in [1.82, 2.24) is 4.31 Å². The summed E-state index contributed by atoms with van der Waals surface area (Å²) in [5, 5.41) is 2.76. The van der Waals surface area contributed by atoms with Crippen molar-refractivity contribution in [2.75, 3.05) is 18.1 Å². The van der Waals surface area contributed by atoms with Crippen LogP contribution in [-0.4, -0.2) is 37.5 Å². The number of hydrogen-bond donors (Lipinski definition) is 1. The van der Waals surface area contributed by atoms with Crippen LogP contribution < -0.4 is 5.32 Å². The molecule has 19 heavy (non-hydrogen) atoms. The summed E-state index contributed by atoms with van der Waals surface area (Å²) in [4.78, 5) is 12.1. The van der Waals surface area contributed by atoms with Crippen LogP contribution in [0.15, 0.2) is 24.3 Å². The van der Waals surface area contributed by atoms with Crippen molar-refractivity contribution in [2.24, 2.45) is 0 Å². The largest absolute Gasteiger partial charge is 0.325 e. The van der Waals surface area contributed by atoms with Crippen molar-refractivity contribution in [1.29, 1.82) is 0 Å². The molecule has 1 aliphatic rings. The average Bonchev–Trinajstić information content (AvgIpc) is 2.81. The highest BCUT2D eigenvalue weighted by Gasteiger charge is 2.36. The Hall–Kier alpha value is -0.670. The lowest BCUT2D eigenvalue weighted by atomic mass is 10.2. The van der Waals surface area contributed by atoms with Gasteiger partial charge in [0.1, 0.15) is 6.04 Å². The molecule has 1 aromatic carbocycles. The summed E-state index contributed by atoms with van der Waals surface area (Å²) in [6.07, 6.45) is 2.44. The number of carbonyl (C=O) groups is 1. The number of nitrogens with zero attached hydrogens (tertiary/aromatic N) is 1. The van der Waals surface area contributed by atoms with E-state index in [0.717, 1.165) is 16.2 Å². The van der Waals surface area contributed by atoms with Crippen molar-refractivity contribution in [3.05, 3.63) is 27.8 Å². The van der Waals surface area contributed by atoms with Crippen LogP contribution in [0.3, 0.4) is 0 Å². The van der Waals surface area contributed by atoms with Crippen molar-refractivity contribution in [3.8, 4) is 0 Å². The standard InChI is InChI=1S/C12H15IN2O3S/c1-19(17,18)15-8-2-3-11(15)12(16)14-10-6-4-9(13)5-7-10/h4-7,11H,2-3,8H2,1H3,(H,14,16). The van der Waals surface area contributed by atoms with E-state index in [2.05, 4.69) is 27.9 Å². The zero-order valence-corrected chi connectivity index (χ0v) is 13.4. The van der Waals surface area contributed by atoms with Gasteiger partial charge in [0.2, 0.25) is 15.9 Å². The van der Waals surface area contributed by atoms with Crippen LogP contribution >= 0.6 is 22.6 Å². The van der Waals surface area contributed by atoms with Gasteiger partial charge in [0.05, 0.1) is 6.26 Å². The van der Waals surface area contributed by atoms with Crippen LogP contribution in [0.5, 0.6) is 0 Å². The van der Waals surface area contributed by atoms with Crippen molar-refractivity contribution < 1.29 is 13.2 Å². The Bertz CT molecular complexity index is 571. The van der Waals surface area contributed by atoms with Gasteiger partial charge < -0.3 is 5.32 Å².